The molecule has 3 aliphatic rings. The van der Waals surface area contributed by atoms with Crippen molar-refractivity contribution in [3.8, 4) is 11.4 Å². The van der Waals surface area contributed by atoms with Gasteiger partial charge in [-0.15, -0.1) is 0 Å². The average molecular weight is 381 g/mol. The predicted molar refractivity (Wildman–Crippen MR) is 111 cm³/mol. The van der Waals surface area contributed by atoms with Crippen LogP contribution in [0.2, 0.25) is 5.02 Å². The molecule has 0 amide bonds. The van der Waals surface area contributed by atoms with E-state index >= 15 is 0 Å². The van der Waals surface area contributed by atoms with Crippen molar-refractivity contribution in [2.45, 2.75) is 25.4 Å². The lowest BCUT2D eigenvalue weighted by molar-refractivity contribution is 0.0725. The molecule has 1 atom stereocenters. The zero-order valence-corrected chi connectivity index (χ0v) is 16.2. The number of aromatic nitrogens is 2. The Hall–Kier alpha value is -1.88. The Balaban J connectivity index is 1.40. The molecule has 0 aliphatic carbocycles. The number of hydrogen-bond acceptors (Lipinski definition) is 3. The third-order valence-electron chi connectivity index (χ3n) is 6.17. The molecule has 3 saturated heterocycles. The molecule has 1 N–H and O–H groups in total. The smallest absolute Gasteiger partial charge is 0.142 e. The molecule has 3 aromatic rings. The normalized spacial score (nSPS) is 24.6. The minimum atomic E-state index is 0.631. The summed E-state index contributed by atoms with van der Waals surface area (Å²) in [5.41, 5.74) is 3.19. The fourth-order valence-electron chi connectivity index (χ4n) is 4.71. The lowest BCUT2D eigenvalue weighted by Crippen LogP contribution is -2.56. The standard InChI is InChI=1S/C22H25ClN4/c23-18-6-2-1-5-17(18)22-25-19-7-3-4-8-21(19)27(22)14-11-24-20-15-26-12-9-16(20)10-13-26/h1-8,16,20,24H,9-15H2/t20-/m1/s1. The zero-order chi connectivity index (χ0) is 18.2. The van der Waals surface area contributed by atoms with Crippen LogP contribution in [0.5, 0.6) is 0 Å². The second-order valence-corrected chi connectivity index (χ2v) is 8.16. The van der Waals surface area contributed by atoms with E-state index in [0.717, 1.165) is 40.9 Å². The molecule has 3 fully saturated rings. The van der Waals surface area contributed by atoms with Crippen LogP contribution in [-0.4, -0.2) is 46.7 Å². The van der Waals surface area contributed by atoms with E-state index in [1.165, 1.54) is 38.0 Å². The highest BCUT2D eigenvalue weighted by molar-refractivity contribution is 6.33. The van der Waals surface area contributed by atoms with E-state index in [0.29, 0.717) is 6.04 Å². The van der Waals surface area contributed by atoms with E-state index in [4.69, 9.17) is 16.6 Å². The first-order valence-corrected chi connectivity index (χ1v) is 10.3. The second-order valence-electron chi connectivity index (χ2n) is 7.75. The lowest BCUT2D eigenvalue weighted by Gasteiger charge is -2.45. The number of hydrogen-bond donors (Lipinski definition) is 1. The van der Waals surface area contributed by atoms with Crippen LogP contribution in [0.25, 0.3) is 22.4 Å². The molecule has 3 aliphatic heterocycles. The fourth-order valence-corrected chi connectivity index (χ4v) is 4.93. The highest BCUT2D eigenvalue weighted by Crippen LogP contribution is 2.30. The van der Waals surface area contributed by atoms with Crippen LogP contribution in [0.15, 0.2) is 48.5 Å². The van der Waals surface area contributed by atoms with Crippen molar-refractivity contribution < 1.29 is 0 Å². The molecule has 5 heteroatoms. The molecule has 6 rings (SSSR count). The van der Waals surface area contributed by atoms with Crippen LogP contribution < -0.4 is 5.32 Å². The topological polar surface area (TPSA) is 33.1 Å². The molecule has 0 saturated carbocycles. The Morgan fingerprint density at radius 2 is 1.81 bits per heavy atom. The number of rotatable bonds is 5. The van der Waals surface area contributed by atoms with Gasteiger partial charge in [-0.05, 0) is 56.1 Å². The van der Waals surface area contributed by atoms with Gasteiger partial charge in [-0.2, -0.15) is 0 Å². The van der Waals surface area contributed by atoms with Crippen molar-refractivity contribution >= 4 is 22.6 Å². The van der Waals surface area contributed by atoms with E-state index in [2.05, 4.69) is 39.0 Å². The van der Waals surface area contributed by atoms with Crippen molar-refractivity contribution in [3.05, 3.63) is 53.6 Å². The van der Waals surface area contributed by atoms with Gasteiger partial charge in [0.15, 0.2) is 0 Å². The number of piperidine rings is 3. The Morgan fingerprint density at radius 3 is 2.59 bits per heavy atom. The number of imidazole rings is 1. The predicted octanol–water partition coefficient (Wildman–Crippen LogP) is 4.04. The molecule has 2 aromatic carbocycles. The summed E-state index contributed by atoms with van der Waals surface area (Å²) in [6, 6.07) is 17.0. The van der Waals surface area contributed by atoms with E-state index in [1.807, 2.05) is 24.3 Å². The Labute approximate surface area is 165 Å². The van der Waals surface area contributed by atoms with Gasteiger partial charge in [0.2, 0.25) is 0 Å². The largest absolute Gasteiger partial charge is 0.323 e. The van der Waals surface area contributed by atoms with Crippen LogP contribution in [-0.2, 0) is 6.54 Å². The number of benzene rings is 2. The maximum atomic E-state index is 6.48. The van der Waals surface area contributed by atoms with Gasteiger partial charge in [0.25, 0.3) is 0 Å². The first kappa shape index (κ1) is 17.2. The quantitative estimate of drug-likeness (QED) is 0.725. The van der Waals surface area contributed by atoms with Gasteiger partial charge in [0.1, 0.15) is 5.82 Å². The van der Waals surface area contributed by atoms with Gasteiger partial charge in [0.05, 0.1) is 16.1 Å². The fraction of sp³-hybridized carbons (Fsp3) is 0.409. The number of para-hydroxylation sites is 2. The summed E-state index contributed by atoms with van der Waals surface area (Å²) in [5.74, 6) is 1.80. The Morgan fingerprint density at radius 1 is 1.04 bits per heavy atom. The van der Waals surface area contributed by atoms with Gasteiger partial charge in [-0.1, -0.05) is 35.9 Å². The van der Waals surface area contributed by atoms with Crippen molar-refractivity contribution in [3.63, 3.8) is 0 Å². The maximum Gasteiger partial charge on any atom is 0.142 e. The summed E-state index contributed by atoms with van der Waals surface area (Å²) < 4.78 is 2.31. The lowest BCUT2D eigenvalue weighted by atomic mass is 9.84. The zero-order valence-electron chi connectivity index (χ0n) is 15.4. The summed E-state index contributed by atoms with van der Waals surface area (Å²) in [7, 11) is 0. The summed E-state index contributed by atoms with van der Waals surface area (Å²) in [6.45, 7) is 5.61. The van der Waals surface area contributed by atoms with Crippen LogP contribution in [0.1, 0.15) is 12.8 Å². The van der Waals surface area contributed by atoms with Crippen LogP contribution in [0.3, 0.4) is 0 Å². The van der Waals surface area contributed by atoms with Crippen LogP contribution >= 0.6 is 11.6 Å². The van der Waals surface area contributed by atoms with Crippen LogP contribution in [0, 0.1) is 5.92 Å². The molecule has 0 radical (unpaired) electrons. The molecule has 4 nitrogen and oxygen atoms in total. The SMILES string of the molecule is Clc1ccccc1-c1nc2ccccc2n1CCN[C@@H]1CN2CCC1CC2. The van der Waals surface area contributed by atoms with E-state index in [-0.39, 0.29) is 0 Å². The molecule has 1 aromatic heterocycles. The highest BCUT2D eigenvalue weighted by Gasteiger charge is 2.33. The minimum absolute atomic E-state index is 0.631. The van der Waals surface area contributed by atoms with E-state index in [9.17, 15) is 0 Å². The summed E-state index contributed by atoms with van der Waals surface area (Å²) >= 11 is 6.48. The average Bonchev–Trinajstić information content (AvgIpc) is 3.08. The second kappa shape index (κ2) is 7.27. The van der Waals surface area contributed by atoms with Crippen molar-refractivity contribution in [1.82, 2.24) is 19.8 Å². The molecular formula is C22H25ClN4. The first-order chi connectivity index (χ1) is 13.3. The summed E-state index contributed by atoms with van der Waals surface area (Å²) in [5, 5.41) is 4.58. The summed E-state index contributed by atoms with van der Waals surface area (Å²) in [4.78, 5) is 7.49. The molecule has 27 heavy (non-hydrogen) atoms. The van der Waals surface area contributed by atoms with Gasteiger partial charge in [-0.25, -0.2) is 4.98 Å². The van der Waals surface area contributed by atoms with Gasteiger partial charge < -0.3 is 14.8 Å². The van der Waals surface area contributed by atoms with Crippen molar-refractivity contribution in [2.75, 3.05) is 26.2 Å². The van der Waals surface area contributed by atoms with Crippen LogP contribution in [0.4, 0.5) is 0 Å². The Bertz CT molecular complexity index is 942. The van der Waals surface area contributed by atoms with Gasteiger partial charge in [-0.3, -0.25) is 0 Å². The molecule has 0 spiro atoms. The Kier molecular flexibility index (Phi) is 4.64. The third-order valence-corrected chi connectivity index (χ3v) is 6.50. The molecular weight excluding hydrogens is 356 g/mol. The first-order valence-electron chi connectivity index (χ1n) is 9.95. The number of halogens is 1. The number of fused-ring (bicyclic) bond motifs is 4. The third kappa shape index (κ3) is 3.27. The molecule has 2 bridgehead atoms. The molecule has 0 unspecified atom stereocenters. The van der Waals surface area contributed by atoms with Crippen molar-refractivity contribution in [1.29, 1.82) is 0 Å². The summed E-state index contributed by atoms with van der Waals surface area (Å²) in [6.07, 6.45) is 2.69. The molecule has 4 heterocycles. The van der Waals surface area contributed by atoms with E-state index < -0.39 is 0 Å². The van der Waals surface area contributed by atoms with Crippen molar-refractivity contribution in [2.24, 2.45) is 5.92 Å². The number of nitrogens with zero attached hydrogens (tertiary/aromatic N) is 3. The highest BCUT2D eigenvalue weighted by atomic mass is 35.5. The number of nitrogens with one attached hydrogen (secondary N) is 1. The maximum absolute atomic E-state index is 6.48. The van der Waals surface area contributed by atoms with E-state index in [1.54, 1.807) is 0 Å². The van der Waals surface area contributed by atoms with Gasteiger partial charge in [0, 0.05) is 31.2 Å². The monoisotopic (exact) mass is 380 g/mol. The van der Waals surface area contributed by atoms with Gasteiger partial charge >= 0.3 is 0 Å². The minimum Gasteiger partial charge on any atom is -0.323 e. The molecule has 140 valence electrons.